The van der Waals surface area contributed by atoms with Gasteiger partial charge in [-0.1, -0.05) is 51.1 Å². The fourth-order valence-electron chi connectivity index (χ4n) is 2.82. The minimum Gasteiger partial charge on any atom is -0.432 e. The Morgan fingerprint density at radius 3 is 2.52 bits per heavy atom. The van der Waals surface area contributed by atoms with Gasteiger partial charge in [0.05, 0.1) is 12.7 Å². The van der Waals surface area contributed by atoms with Crippen molar-refractivity contribution in [2.24, 2.45) is 0 Å². The number of hydrogen-bond donors (Lipinski definition) is 0. The second-order valence-electron chi connectivity index (χ2n) is 8.35. The molecule has 2 heterocycles. The summed E-state index contributed by atoms with van der Waals surface area (Å²) in [6, 6.07) is 9.92. The van der Waals surface area contributed by atoms with E-state index in [0.717, 1.165) is 5.56 Å². The number of benzene rings is 1. The van der Waals surface area contributed by atoms with Crippen LogP contribution in [0.4, 0.5) is 0 Å². The van der Waals surface area contributed by atoms with E-state index in [1.807, 2.05) is 30.3 Å². The predicted molar refractivity (Wildman–Crippen MR) is 96.5 cm³/mol. The molecule has 1 aromatic carbocycles. The normalized spacial score (nSPS) is 29.6. The maximum atomic E-state index is 12.3. The highest BCUT2D eigenvalue weighted by Gasteiger charge is 2.53. The van der Waals surface area contributed by atoms with Gasteiger partial charge in [-0.25, -0.2) is 4.79 Å². The number of cyclic esters (lactones) is 1. The Bertz CT molecular complexity index is 610. The Balaban J connectivity index is 1.63. The summed E-state index contributed by atoms with van der Waals surface area (Å²) in [5.41, 5.74) is 1.08. The van der Waals surface area contributed by atoms with Crippen molar-refractivity contribution in [2.75, 3.05) is 0 Å². The molecular formula is C19H28O5Si. The average molecular weight is 365 g/mol. The van der Waals surface area contributed by atoms with E-state index in [9.17, 15) is 4.79 Å². The second-order valence-corrected chi connectivity index (χ2v) is 13.1. The summed E-state index contributed by atoms with van der Waals surface area (Å²) in [5, 5.41) is 0.0398. The van der Waals surface area contributed by atoms with Crippen LogP contribution in [0.1, 0.15) is 32.8 Å². The van der Waals surface area contributed by atoms with Gasteiger partial charge >= 0.3 is 5.97 Å². The Kier molecular flexibility index (Phi) is 5.08. The van der Waals surface area contributed by atoms with Crippen LogP contribution in [0.2, 0.25) is 18.1 Å². The van der Waals surface area contributed by atoms with E-state index < -0.39 is 20.7 Å². The van der Waals surface area contributed by atoms with Crippen LogP contribution in [0.25, 0.3) is 0 Å². The minimum atomic E-state index is -2.05. The molecule has 3 rings (SSSR count). The minimum absolute atomic E-state index is 0.0398. The molecule has 0 radical (unpaired) electrons. The lowest BCUT2D eigenvalue weighted by Gasteiger charge is -2.41. The SMILES string of the molecule is CC(C)(C)[Si](C)(C)O[C@@H]1OC(=O)[C@@H]2O[C@H]1C[C@@H]2OCc1ccccc1. The first-order valence-corrected chi connectivity index (χ1v) is 11.8. The number of ether oxygens (including phenoxy) is 3. The van der Waals surface area contributed by atoms with Crippen LogP contribution >= 0.6 is 0 Å². The summed E-state index contributed by atoms with van der Waals surface area (Å²) in [6.07, 6.45) is -1.20. The third-order valence-electron chi connectivity index (χ3n) is 5.42. The van der Waals surface area contributed by atoms with Crippen molar-refractivity contribution in [1.82, 2.24) is 0 Å². The van der Waals surface area contributed by atoms with Crippen LogP contribution in [-0.2, 0) is 30.0 Å². The van der Waals surface area contributed by atoms with E-state index in [0.29, 0.717) is 13.0 Å². The molecule has 6 heteroatoms. The summed E-state index contributed by atoms with van der Waals surface area (Å²) in [5.74, 6) is -0.379. The Labute approximate surface area is 150 Å². The van der Waals surface area contributed by atoms with E-state index in [-0.39, 0.29) is 23.2 Å². The molecule has 0 aliphatic carbocycles. The highest BCUT2D eigenvalue weighted by molar-refractivity contribution is 6.74. The van der Waals surface area contributed by atoms with Gasteiger partial charge in [0, 0.05) is 6.42 Å². The first-order valence-electron chi connectivity index (χ1n) is 8.87. The van der Waals surface area contributed by atoms with E-state index in [1.165, 1.54) is 0 Å². The van der Waals surface area contributed by atoms with Crippen LogP contribution in [-0.4, -0.2) is 38.9 Å². The summed E-state index contributed by atoms with van der Waals surface area (Å²) >= 11 is 0. The average Bonchev–Trinajstić information content (AvgIpc) is 2.91. The number of rotatable bonds is 5. The zero-order valence-electron chi connectivity index (χ0n) is 15.7. The first-order chi connectivity index (χ1) is 11.7. The van der Waals surface area contributed by atoms with Gasteiger partial charge in [0.1, 0.15) is 6.10 Å². The first kappa shape index (κ1) is 18.6. The topological polar surface area (TPSA) is 54.0 Å². The highest BCUT2D eigenvalue weighted by Crippen LogP contribution is 2.41. The molecule has 2 aliphatic heterocycles. The lowest BCUT2D eigenvalue weighted by atomic mass is 10.1. The van der Waals surface area contributed by atoms with E-state index >= 15 is 0 Å². The Morgan fingerprint density at radius 2 is 1.88 bits per heavy atom. The summed E-state index contributed by atoms with van der Waals surface area (Å²) < 4.78 is 23.7. The van der Waals surface area contributed by atoms with Gasteiger partial charge in [-0.15, -0.1) is 0 Å². The zero-order chi connectivity index (χ0) is 18.2. The molecule has 0 spiro atoms. The molecule has 0 amide bonds. The van der Waals surface area contributed by atoms with Crippen molar-refractivity contribution in [3.05, 3.63) is 35.9 Å². The molecule has 5 nitrogen and oxygen atoms in total. The van der Waals surface area contributed by atoms with E-state index in [4.69, 9.17) is 18.6 Å². The fourth-order valence-corrected chi connectivity index (χ4v) is 3.96. The Hall–Kier alpha value is -1.21. The van der Waals surface area contributed by atoms with Gasteiger partial charge in [-0.2, -0.15) is 0 Å². The fraction of sp³-hybridized carbons (Fsp3) is 0.632. The molecule has 25 heavy (non-hydrogen) atoms. The van der Waals surface area contributed by atoms with Crippen LogP contribution in [0.5, 0.6) is 0 Å². The maximum Gasteiger partial charge on any atom is 0.340 e. The lowest BCUT2D eigenvalue weighted by Crippen LogP contribution is -2.51. The van der Waals surface area contributed by atoms with Gasteiger partial charge in [0.15, 0.2) is 14.4 Å². The van der Waals surface area contributed by atoms with Crippen molar-refractivity contribution in [1.29, 1.82) is 0 Å². The van der Waals surface area contributed by atoms with Crippen molar-refractivity contribution in [3.63, 3.8) is 0 Å². The van der Waals surface area contributed by atoms with Gasteiger partial charge < -0.3 is 18.6 Å². The van der Waals surface area contributed by atoms with Crippen molar-refractivity contribution in [2.45, 2.75) is 76.5 Å². The molecule has 138 valence electrons. The summed E-state index contributed by atoms with van der Waals surface area (Å²) in [7, 11) is -2.05. The molecule has 0 saturated carbocycles. The number of fused-ring (bicyclic) bond motifs is 2. The predicted octanol–water partition coefficient (Wildman–Crippen LogP) is 3.63. The molecule has 0 aromatic heterocycles. The van der Waals surface area contributed by atoms with Gasteiger partial charge in [0.25, 0.3) is 0 Å². The quantitative estimate of drug-likeness (QED) is 0.590. The molecule has 4 atom stereocenters. The van der Waals surface area contributed by atoms with E-state index in [2.05, 4.69) is 33.9 Å². The zero-order valence-corrected chi connectivity index (χ0v) is 16.7. The van der Waals surface area contributed by atoms with Gasteiger partial charge in [-0.3, -0.25) is 0 Å². The highest BCUT2D eigenvalue weighted by atomic mass is 28.4. The molecule has 2 fully saturated rings. The van der Waals surface area contributed by atoms with Crippen molar-refractivity contribution in [3.8, 4) is 0 Å². The number of esters is 1. The molecule has 0 N–H and O–H groups in total. The monoisotopic (exact) mass is 364 g/mol. The van der Waals surface area contributed by atoms with Crippen LogP contribution in [0, 0.1) is 0 Å². The smallest absolute Gasteiger partial charge is 0.340 e. The largest absolute Gasteiger partial charge is 0.432 e. The van der Waals surface area contributed by atoms with Crippen LogP contribution in [0.15, 0.2) is 30.3 Å². The Morgan fingerprint density at radius 1 is 1.20 bits per heavy atom. The third kappa shape index (κ3) is 3.97. The molecular weight excluding hydrogens is 336 g/mol. The van der Waals surface area contributed by atoms with Crippen LogP contribution < -0.4 is 0 Å². The molecule has 2 saturated heterocycles. The maximum absolute atomic E-state index is 12.3. The van der Waals surface area contributed by atoms with Crippen molar-refractivity contribution < 1.29 is 23.4 Å². The molecule has 2 aliphatic rings. The molecule has 0 unspecified atom stereocenters. The van der Waals surface area contributed by atoms with E-state index in [1.54, 1.807) is 0 Å². The number of carbonyl (C=O) groups is 1. The van der Waals surface area contributed by atoms with Crippen LogP contribution in [0.3, 0.4) is 0 Å². The number of carbonyl (C=O) groups excluding carboxylic acids is 1. The number of hydrogen-bond acceptors (Lipinski definition) is 5. The second kappa shape index (κ2) is 6.83. The summed E-state index contributed by atoms with van der Waals surface area (Å²) in [4.78, 5) is 12.3. The lowest BCUT2D eigenvalue weighted by molar-refractivity contribution is -0.223. The van der Waals surface area contributed by atoms with Gasteiger partial charge in [-0.05, 0) is 23.7 Å². The molecule has 1 aromatic rings. The summed E-state index contributed by atoms with van der Waals surface area (Å²) in [6.45, 7) is 11.2. The standard InChI is InChI=1S/C19H28O5Si/c1-19(2,3)25(4,5)24-18-15-11-14(16(22-15)17(20)23-18)21-12-13-9-7-6-8-10-13/h6-10,14-16,18H,11-12H2,1-5H3/t14-,15-,16+,18-/m0/s1. The molecule has 2 bridgehead atoms. The third-order valence-corrected chi connectivity index (χ3v) is 9.85. The van der Waals surface area contributed by atoms with Crippen molar-refractivity contribution >= 4 is 14.3 Å². The van der Waals surface area contributed by atoms with Gasteiger partial charge in [0.2, 0.25) is 6.29 Å².